The number of aromatic nitrogens is 2. The third-order valence-corrected chi connectivity index (χ3v) is 6.84. The summed E-state index contributed by atoms with van der Waals surface area (Å²) in [4.78, 5) is 33.2. The molecule has 0 radical (unpaired) electrons. The van der Waals surface area contributed by atoms with Crippen molar-refractivity contribution in [3.05, 3.63) is 46.5 Å². The van der Waals surface area contributed by atoms with Gasteiger partial charge in [0.2, 0.25) is 0 Å². The number of carbonyl (C=O) groups is 2. The van der Waals surface area contributed by atoms with Crippen LogP contribution in [-0.4, -0.2) is 35.0 Å². The first-order valence-corrected chi connectivity index (χ1v) is 11.3. The lowest BCUT2D eigenvalue weighted by Crippen LogP contribution is -2.23. The van der Waals surface area contributed by atoms with Crippen molar-refractivity contribution in [1.82, 2.24) is 9.97 Å². The summed E-state index contributed by atoms with van der Waals surface area (Å²) < 4.78 is 7.35. The van der Waals surface area contributed by atoms with Crippen LogP contribution in [0.2, 0.25) is 0 Å². The van der Waals surface area contributed by atoms with Crippen molar-refractivity contribution in [1.29, 1.82) is 0 Å². The zero-order valence-corrected chi connectivity index (χ0v) is 19.3. The standard InChI is InChI=1S/C22H22N4O3S2/c1-11-5-13(3)19-15(7-11)23-21(30-19)25-17(27)9-29-10-18(28)26-22-24-16-8-12(2)6-14(4)20(16)31-22/h5-8H,9-10H2,1-4H3,(H,23,25,27)(H,24,26,28). The molecule has 2 heterocycles. The molecule has 2 aromatic heterocycles. The minimum Gasteiger partial charge on any atom is -0.362 e. The van der Waals surface area contributed by atoms with Crippen LogP contribution in [0.15, 0.2) is 24.3 Å². The molecule has 0 unspecified atom stereocenters. The molecule has 0 bridgehead atoms. The first kappa shape index (κ1) is 21.4. The van der Waals surface area contributed by atoms with Crippen molar-refractivity contribution in [3.8, 4) is 0 Å². The molecule has 0 aliphatic carbocycles. The Balaban J connectivity index is 1.29. The number of carbonyl (C=O) groups excluding carboxylic acids is 2. The monoisotopic (exact) mass is 454 g/mol. The molecule has 0 saturated heterocycles. The van der Waals surface area contributed by atoms with E-state index in [1.807, 2.05) is 39.8 Å². The van der Waals surface area contributed by atoms with Gasteiger partial charge in [-0.3, -0.25) is 20.2 Å². The number of fused-ring (bicyclic) bond motifs is 2. The third kappa shape index (κ3) is 4.90. The van der Waals surface area contributed by atoms with Gasteiger partial charge in [-0.2, -0.15) is 0 Å². The van der Waals surface area contributed by atoms with Gasteiger partial charge < -0.3 is 4.74 Å². The van der Waals surface area contributed by atoms with Gasteiger partial charge in [0.1, 0.15) is 13.2 Å². The zero-order chi connectivity index (χ0) is 22.1. The second-order valence-corrected chi connectivity index (χ2v) is 9.49. The van der Waals surface area contributed by atoms with Crippen LogP contribution in [0.5, 0.6) is 0 Å². The van der Waals surface area contributed by atoms with Crippen molar-refractivity contribution in [2.45, 2.75) is 27.7 Å². The van der Waals surface area contributed by atoms with Crippen LogP contribution >= 0.6 is 22.7 Å². The van der Waals surface area contributed by atoms with Gasteiger partial charge in [-0.05, 0) is 62.1 Å². The topological polar surface area (TPSA) is 93.2 Å². The van der Waals surface area contributed by atoms with Gasteiger partial charge in [-0.1, -0.05) is 34.8 Å². The summed E-state index contributed by atoms with van der Waals surface area (Å²) >= 11 is 2.84. The maximum atomic E-state index is 12.2. The number of anilines is 2. The summed E-state index contributed by atoms with van der Waals surface area (Å²) in [5.74, 6) is -0.709. The van der Waals surface area contributed by atoms with E-state index < -0.39 is 0 Å². The van der Waals surface area contributed by atoms with E-state index in [9.17, 15) is 9.59 Å². The molecule has 2 N–H and O–H groups in total. The molecule has 0 aliphatic heterocycles. The summed E-state index contributed by atoms with van der Waals surface area (Å²) in [6.07, 6.45) is 0. The summed E-state index contributed by atoms with van der Waals surface area (Å²) in [5, 5.41) is 6.50. The Kier molecular flexibility index (Phi) is 5.99. The molecule has 0 spiro atoms. The predicted octanol–water partition coefficient (Wildman–Crippen LogP) is 4.73. The Bertz CT molecular complexity index is 1210. The number of nitrogens with one attached hydrogen (secondary N) is 2. The highest BCUT2D eigenvalue weighted by atomic mass is 32.1. The van der Waals surface area contributed by atoms with Gasteiger partial charge in [0.25, 0.3) is 11.8 Å². The summed E-state index contributed by atoms with van der Waals surface area (Å²) in [7, 11) is 0. The fourth-order valence-electron chi connectivity index (χ4n) is 3.41. The number of ether oxygens (including phenoxy) is 1. The quantitative estimate of drug-likeness (QED) is 0.439. The highest BCUT2D eigenvalue weighted by Gasteiger charge is 2.13. The Hall–Kier alpha value is -2.88. The number of aryl methyl sites for hydroxylation is 4. The van der Waals surface area contributed by atoms with E-state index in [4.69, 9.17) is 4.74 Å². The van der Waals surface area contributed by atoms with Crippen molar-refractivity contribution in [3.63, 3.8) is 0 Å². The second kappa shape index (κ2) is 8.70. The molecule has 2 aromatic carbocycles. The lowest BCUT2D eigenvalue weighted by Gasteiger charge is -2.04. The molecule has 160 valence electrons. The van der Waals surface area contributed by atoms with E-state index >= 15 is 0 Å². The molecule has 9 heteroatoms. The smallest absolute Gasteiger partial charge is 0.252 e. The minimum absolute atomic E-state index is 0.237. The highest BCUT2D eigenvalue weighted by Crippen LogP contribution is 2.30. The number of benzene rings is 2. The highest BCUT2D eigenvalue weighted by molar-refractivity contribution is 7.22. The molecule has 0 saturated carbocycles. The fraction of sp³-hybridized carbons (Fsp3) is 0.273. The van der Waals surface area contributed by atoms with E-state index in [0.29, 0.717) is 10.3 Å². The fourth-order valence-corrected chi connectivity index (χ4v) is 5.27. The number of hydrogen-bond donors (Lipinski definition) is 2. The average molecular weight is 455 g/mol. The Morgan fingerprint density at radius 1 is 0.774 bits per heavy atom. The predicted molar refractivity (Wildman–Crippen MR) is 126 cm³/mol. The van der Waals surface area contributed by atoms with E-state index in [2.05, 4.69) is 32.7 Å². The molecule has 0 aliphatic rings. The van der Waals surface area contributed by atoms with Crippen molar-refractivity contribution >= 4 is 65.2 Å². The maximum Gasteiger partial charge on any atom is 0.252 e. The largest absolute Gasteiger partial charge is 0.362 e. The number of hydrogen-bond acceptors (Lipinski definition) is 7. The lowest BCUT2D eigenvalue weighted by molar-refractivity contribution is -0.125. The molecule has 4 aromatic rings. The molecular formula is C22H22N4O3S2. The second-order valence-electron chi connectivity index (χ2n) is 7.49. The minimum atomic E-state index is -0.354. The Morgan fingerprint density at radius 3 is 1.61 bits per heavy atom. The normalized spacial score (nSPS) is 11.2. The first-order valence-electron chi connectivity index (χ1n) is 9.71. The molecule has 7 nitrogen and oxygen atoms in total. The van der Waals surface area contributed by atoms with Crippen LogP contribution in [-0.2, 0) is 14.3 Å². The van der Waals surface area contributed by atoms with Gasteiger partial charge in [0.05, 0.1) is 20.4 Å². The first-order chi connectivity index (χ1) is 14.8. The van der Waals surface area contributed by atoms with Crippen LogP contribution < -0.4 is 10.6 Å². The number of amides is 2. The van der Waals surface area contributed by atoms with E-state index in [0.717, 1.165) is 42.7 Å². The molecule has 0 fully saturated rings. The van der Waals surface area contributed by atoms with Gasteiger partial charge in [0, 0.05) is 0 Å². The van der Waals surface area contributed by atoms with Gasteiger partial charge in [-0.15, -0.1) is 0 Å². The van der Waals surface area contributed by atoms with Crippen LogP contribution in [0.4, 0.5) is 10.3 Å². The molecule has 4 rings (SSSR count). The lowest BCUT2D eigenvalue weighted by atomic mass is 10.1. The van der Waals surface area contributed by atoms with E-state index in [1.54, 1.807) is 0 Å². The zero-order valence-electron chi connectivity index (χ0n) is 17.7. The summed E-state index contributed by atoms with van der Waals surface area (Å²) in [6.45, 7) is 7.60. The Morgan fingerprint density at radius 2 is 1.19 bits per heavy atom. The van der Waals surface area contributed by atoms with Gasteiger partial charge in [0.15, 0.2) is 10.3 Å². The number of rotatable bonds is 6. The van der Waals surface area contributed by atoms with Crippen molar-refractivity contribution in [2.75, 3.05) is 23.8 Å². The van der Waals surface area contributed by atoms with Gasteiger partial charge >= 0.3 is 0 Å². The molecule has 31 heavy (non-hydrogen) atoms. The van der Waals surface area contributed by atoms with Crippen molar-refractivity contribution < 1.29 is 14.3 Å². The summed E-state index contributed by atoms with van der Waals surface area (Å²) in [6, 6.07) is 8.14. The SMILES string of the molecule is Cc1cc(C)c2sc(NC(=O)COCC(=O)Nc3nc4cc(C)cc(C)c4s3)nc2c1. The molecule has 0 atom stereocenters. The number of nitrogens with zero attached hydrogens (tertiary/aromatic N) is 2. The van der Waals surface area contributed by atoms with E-state index in [1.165, 1.54) is 22.7 Å². The molecular weight excluding hydrogens is 432 g/mol. The number of thiazole rings is 2. The van der Waals surface area contributed by atoms with E-state index in [-0.39, 0.29) is 25.0 Å². The third-order valence-electron chi connectivity index (χ3n) is 4.60. The van der Waals surface area contributed by atoms with Gasteiger partial charge in [-0.25, -0.2) is 9.97 Å². The van der Waals surface area contributed by atoms with Crippen molar-refractivity contribution in [2.24, 2.45) is 0 Å². The Labute approximate surface area is 187 Å². The van der Waals surface area contributed by atoms with Crippen LogP contribution in [0, 0.1) is 27.7 Å². The maximum absolute atomic E-state index is 12.2. The average Bonchev–Trinajstić information content (AvgIpc) is 3.25. The van der Waals surface area contributed by atoms with Crippen LogP contribution in [0.25, 0.3) is 20.4 Å². The summed E-state index contributed by atoms with van der Waals surface area (Å²) in [5.41, 5.74) is 6.22. The van der Waals surface area contributed by atoms with Crippen LogP contribution in [0.3, 0.4) is 0 Å². The van der Waals surface area contributed by atoms with Crippen LogP contribution in [0.1, 0.15) is 22.3 Å². The molecule has 2 amide bonds.